The van der Waals surface area contributed by atoms with E-state index in [1.165, 1.54) is 4.80 Å². The maximum Gasteiger partial charge on any atom is 0.257 e. The van der Waals surface area contributed by atoms with Gasteiger partial charge in [0.15, 0.2) is 6.61 Å². The van der Waals surface area contributed by atoms with Crippen LogP contribution in [0.15, 0.2) is 42.5 Å². The minimum atomic E-state index is -0.190. The van der Waals surface area contributed by atoms with Gasteiger partial charge < -0.3 is 10.1 Å². The van der Waals surface area contributed by atoms with Crippen molar-refractivity contribution >= 4 is 16.9 Å². The maximum absolute atomic E-state index is 11.4. The minimum Gasteiger partial charge on any atom is -0.481 e. The Bertz CT molecular complexity index is 793. The largest absolute Gasteiger partial charge is 0.481 e. The lowest BCUT2D eigenvalue weighted by molar-refractivity contribution is -0.122. The molecule has 1 heterocycles. The van der Waals surface area contributed by atoms with Crippen LogP contribution in [0.4, 0.5) is 0 Å². The maximum atomic E-state index is 11.4. The van der Waals surface area contributed by atoms with Crippen LogP contribution < -0.4 is 10.1 Å². The van der Waals surface area contributed by atoms with Gasteiger partial charge in [0.25, 0.3) is 5.91 Å². The molecule has 6 nitrogen and oxygen atoms in total. The van der Waals surface area contributed by atoms with Crippen molar-refractivity contribution in [1.29, 1.82) is 0 Å². The molecule has 6 heteroatoms. The second-order valence-corrected chi connectivity index (χ2v) is 4.91. The Morgan fingerprint density at radius 1 is 1.18 bits per heavy atom. The van der Waals surface area contributed by atoms with Crippen LogP contribution in [0.25, 0.3) is 16.7 Å². The number of nitrogens with one attached hydrogen (secondary N) is 1. The number of nitrogens with zero attached hydrogens (tertiary/aromatic N) is 3. The monoisotopic (exact) mass is 296 g/mol. The SMILES string of the molecule is CNC(=O)COc1ccc(C)cc1-n1nc2ccccc2n1. The molecule has 0 atom stereocenters. The first kappa shape index (κ1) is 14.1. The number of ether oxygens (including phenoxy) is 1. The summed E-state index contributed by atoms with van der Waals surface area (Å²) >= 11 is 0. The highest BCUT2D eigenvalue weighted by Gasteiger charge is 2.11. The Balaban J connectivity index is 2.00. The molecule has 0 spiro atoms. The Hall–Kier alpha value is -2.89. The third kappa shape index (κ3) is 2.76. The van der Waals surface area contributed by atoms with Gasteiger partial charge in [-0.3, -0.25) is 4.79 Å². The van der Waals surface area contributed by atoms with Gasteiger partial charge in [0.1, 0.15) is 22.5 Å². The molecule has 0 aliphatic rings. The summed E-state index contributed by atoms with van der Waals surface area (Å²) in [7, 11) is 1.57. The Morgan fingerprint density at radius 3 is 2.50 bits per heavy atom. The number of fused-ring (bicyclic) bond motifs is 1. The van der Waals surface area contributed by atoms with Crippen LogP contribution in [-0.2, 0) is 4.79 Å². The third-order valence-electron chi connectivity index (χ3n) is 3.25. The molecule has 3 aromatic rings. The predicted octanol–water partition coefficient (Wildman–Crippen LogP) is 1.85. The van der Waals surface area contributed by atoms with Gasteiger partial charge in [0, 0.05) is 7.05 Å². The average molecular weight is 296 g/mol. The molecule has 0 saturated heterocycles. The van der Waals surface area contributed by atoms with Gasteiger partial charge in [-0.1, -0.05) is 18.2 Å². The fraction of sp³-hybridized carbons (Fsp3) is 0.188. The van der Waals surface area contributed by atoms with Crippen molar-refractivity contribution in [3.05, 3.63) is 48.0 Å². The highest BCUT2D eigenvalue weighted by atomic mass is 16.5. The molecule has 0 fully saturated rings. The first-order valence-corrected chi connectivity index (χ1v) is 6.94. The van der Waals surface area contributed by atoms with E-state index in [9.17, 15) is 4.79 Å². The molecule has 22 heavy (non-hydrogen) atoms. The molecule has 0 saturated carbocycles. The van der Waals surface area contributed by atoms with Crippen molar-refractivity contribution in [3.63, 3.8) is 0 Å². The summed E-state index contributed by atoms with van der Waals surface area (Å²) in [6.07, 6.45) is 0. The molecule has 1 N–H and O–H groups in total. The van der Waals surface area contributed by atoms with E-state index in [0.29, 0.717) is 11.4 Å². The molecule has 0 aliphatic carbocycles. The molecule has 0 radical (unpaired) electrons. The van der Waals surface area contributed by atoms with Crippen molar-refractivity contribution in [1.82, 2.24) is 20.3 Å². The van der Waals surface area contributed by atoms with Gasteiger partial charge in [-0.15, -0.1) is 15.0 Å². The Kier molecular flexibility index (Phi) is 3.74. The highest BCUT2D eigenvalue weighted by Crippen LogP contribution is 2.24. The number of amides is 1. The topological polar surface area (TPSA) is 69.0 Å². The first-order valence-electron chi connectivity index (χ1n) is 6.94. The van der Waals surface area contributed by atoms with Crippen LogP contribution in [0.3, 0.4) is 0 Å². The number of likely N-dealkylation sites (N-methyl/N-ethyl adjacent to an activating group) is 1. The number of rotatable bonds is 4. The van der Waals surface area contributed by atoms with E-state index in [1.807, 2.05) is 49.4 Å². The fourth-order valence-electron chi connectivity index (χ4n) is 2.09. The van der Waals surface area contributed by atoms with Crippen molar-refractivity contribution in [2.75, 3.05) is 13.7 Å². The quantitative estimate of drug-likeness (QED) is 0.798. The lowest BCUT2D eigenvalue weighted by Gasteiger charge is -2.10. The zero-order valence-electron chi connectivity index (χ0n) is 12.4. The highest BCUT2D eigenvalue weighted by molar-refractivity contribution is 5.77. The normalized spacial score (nSPS) is 10.6. The van der Waals surface area contributed by atoms with Gasteiger partial charge in [0.2, 0.25) is 0 Å². The number of hydrogen-bond donors (Lipinski definition) is 1. The van der Waals surface area contributed by atoms with Crippen molar-refractivity contribution in [2.24, 2.45) is 0 Å². The van der Waals surface area contributed by atoms with Gasteiger partial charge in [-0.25, -0.2) is 0 Å². The number of carbonyl (C=O) groups excluding carboxylic acids is 1. The van der Waals surface area contributed by atoms with E-state index < -0.39 is 0 Å². The Morgan fingerprint density at radius 2 is 1.86 bits per heavy atom. The molecule has 0 aliphatic heterocycles. The molecule has 112 valence electrons. The molecule has 1 aromatic heterocycles. The smallest absolute Gasteiger partial charge is 0.257 e. The standard InChI is InChI=1S/C16H16N4O2/c1-11-7-8-15(22-10-16(21)17-2)14(9-11)20-18-12-5-3-4-6-13(12)19-20/h3-9H,10H2,1-2H3,(H,17,21). The Labute approximate surface area is 127 Å². The van der Waals surface area contributed by atoms with Crippen LogP contribution in [0, 0.1) is 6.92 Å². The number of hydrogen-bond acceptors (Lipinski definition) is 4. The summed E-state index contributed by atoms with van der Waals surface area (Å²) in [5.74, 6) is 0.375. The summed E-state index contributed by atoms with van der Waals surface area (Å²) in [5.41, 5.74) is 3.38. The lowest BCUT2D eigenvalue weighted by atomic mass is 10.2. The van der Waals surface area contributed by atoms with Crippen LogP contribution in [0.1, 0.15) is 5.56 Å². The van der Waals surface area contributed by atoms with Crippen LogP contribution >= 0.6 is 0 Å². The van der Waals surface area contributed by atoms with E-state index in [4.69, 9.17) is 4.74 Å². The number of aromatic nitrogens is 3. The van der Waals surface area contributed by atoms with Gasteiger partial charge in [-0.2, -0.15) is 0 Å². The summed E-state index contributed by atoms with van der Waals surface area (Å²) in [6, 6.07) is 13.3. The van der Waals surface area contributed by atoms with Crippen molar-refractivity contribution in [3.8, 4) is 11.4 Å². The summed E-state index contributed by atoms with van der Waals surface area (Å²) < 4.78 is 5.58. The zero-order valence-corrected chi connectivity index (χ0v) is 12.4. The zero-order chi connectivity index (χ0) is 15.5. The van der Waals surface area contributed by atoms with E-state index >= 15 is 0 Å². The molecular weight excluding hydrogens is 280 g/mol. The molecular formula is C16H16N4O2. The van der Waals surface area contributed by atoms with Gasteiger partial charge >= 0.3 is 0 Å². The second-order valence-electron chi connectivity index (χ2n) is 4.91. The predicted molar refractivity (Wildman–Crippen MR) is 83.2 cm³/mol. The molecule has 3 rings (SSSR count). The van der Waals surface area contributed by atoms with Crippen LogP contribution in [-0.4, -0.2) is 34.6 Å². The second kappa shape index (κ2) is 5.85. The minimum absolute atomic E-state index is 0.0483. The average Bonchev–Trinajstić information content (AvgIpc) is 2.97. The number of benzene rings is 2. The van der Waals surface area contributed by atoms with Crippen LogP contribution in [0.5, 0.6) is 5.75 Å². The summed E-state index contributed by atoms with van der Waals surface area (Å²) in [6.45, 7) is 1.93. The lowest BCUT2D eigenvalue weighted by Crippen LogP contribution is -2.25. The van der Waals surface area contributed by atoms with Gasteiger partial charge in [-0.05, 0) is 36.8 Å². The van der Waals surface area contributed by atoms with E-state index in [0.717, 1.165) is 16.6 Å². The van der Waals surface area contributed by atoms with Crippen LogP contribution in [0.2, 0.25) is 0 Å². The molecule has 0 unspecified atom stereocenters. The third-order valence-corrected chi connectivity index (χ3v) is 3.25. The first-order chi connectivity index (χ1) is 10.7. The molecule has 2 aromatic carbocycles. The van der Waals surface area contributed by atoms with Gasteiger partial charge in [0.05, 0.1) is 0 Å². The van der Waals surface area contributed by atoms with E-state index in [-0.39, 0.29) is 12.5 Å². The molecule has 1 amide bonds. The molecule has 0 bridgehead atoms. The van der Waals surface area contributed by atoms with Crippen molar-refractivity contribution in [2.45, 2.75) is 6.92 Å². The van der Waals surface area contributed by atoms with E-state index in [1.54, 1.807) is 7.05 Å². The summed E-state index contributed by atoms with van der Waals surface area (Å²) in [5, 5.41) is 11.4. The number of carbonyl (C=O) groups is 1. The summed E-state index contributed by atoms with van der Waals surface area (Å²) in [4.78, 5) is 12.9. The van der Waals surface area contributed by atoms with Crippen molar-refractivity contribution < 1.29 is 9.53 Å². The van der Waals surface area contributed by atoms with E-state index in [2.05, 4.69) is 15.5 Å². The fourth-order valence-corrected chi connectivity index (χ4v) is 2.09. The number of aryl methyl sites for hydroxylation is 1.